The summed E-state index contributed by atoms with van der Waals surface area (Å²) in [4.78, 5) is 16.8. The predicted octanol–water partition coefficient (Wildman–Crippen LogP) is 3.20. The minimum atomic E-state index is -0.764. The van der Waals surface area contributed by atoms with Crippen LogP contribution in [0.1, 0.15) is 52.9 Å². The zero-order valence-corrected chi connectivity index (χ0v) is 16.6. The van der Waals surface area contributed by atoms with Crippen molar-refractivity contribution in [1.29, 1.82) is 0 Å². The highest BCUT2D eigenvalue weighted by molar-refractivity contribution is 5.92. The van der Waals surface area contributed by atoms with E-state index in [0.717, 1.165) is 54.5 Å². The minimum Gasteiger partial charge on any atom is -0.388 e. The second-order valence-corrected chi connectivity index (χ2v) is 7.90. The topological polar surface area (TPSA) is 80.0 Å². The second-order valence-electron chi connectivity index (χ2n) is 7.90. The lowest BCUT2D eigenvalue weighted by molar-refractivity contribution is 0.0448. The molecule has 6 nitrogen and oxygen atoms in total. The van der Waals surface area contributed by atoms with E-state index in [4.69, 9.17) is 0 Å². The highest BCUT2D eigenvalue weighted by atomic mass is 16.3. The van der Waals surface area contributed by atoms with Gasteiger partial charge >= 0.3 is 0 Å². The van der Waals surface area contributed by atoms with E-state index in [1.165, 1.54) is 0 Å². The maximum Gasteiger partial charge on any atom is 0.269 e. The number of amides is 1. The molecule has 29 heavy (non-hydrogen) atoms. The quantitative estimate of drug-likeness (QED) is 0.677. The molecule has 2 heterocycles. The van der Waals surface area contributed by atoms with E-state index in [9.17, 15) is 9.90 Å². The average molecular weight is 390 g/mol. The van der Waals surface area contributed by atoms with Crippen LogP contribution in [0.4, 0.5) is 0 Å². The number of pyridine rings is 1. The standard InChI is InChI=1S/C23H26N4O2/c1-17-15-24-21(22(28)25-16-23(29)9-2-3-10-23)14-19(17)13-18-5-7-20(8-6-18)27-12-4-11-26-27/h4-8,11-12,14-15,29H,2-3,9-10,13,16H2,1H3,(H,25,28). The van der Waals surface area contributed by atoms with Gasteiger partial charge in [0.1, 0.15) is 5.69 Å². The van der Waals surface area contributed by atoms with Crippen molar-refractivity contribution in [2.75, 3.05) is 6.54 Å². The molecule has 0 spiro atoms. The zero-order chi connectivity index (χ0) is 20.3. The number of hydrogen-bond acceptors (Lipinski definition) is 4. The van der Waals surface area contributed by atoms with Crippen LogP contribution in [0.2, 0.25) is 0 Å². The molecule has 0 atom stereocenters. The smallest absolute Gasteiger partial charge is 0.269 e. The largest absolute Gasteiger partial charge is 0.388 e. The number of nitrogens with one attached hydrogen (secondary N) is 1. The molecule has 2 aromatic heterocycles. The van der Waals surface area contributed by atoms with Crippen molar-refractivity contribution < 1.29 is 9.90 Å². The Bertz CT molecular complexity index is 975. The van der Waals surface area contributed by atoms with Gasteiger partial charge in [-0.15, -0.1) is 0 Å². The van der Waals surface area contributed by atoms with Crippen molar-refractivity contribution in [2.45, 2.75) is 44.6 Å². The van der Waals surface area contributed by atoms with Crippen molar-refractivity contribution in [3.63, 3.8) is 0 Å². The lowest BCUT2D eigenvalue weighted by Gasteiger charge is -2.22. The van der Waals surface area contributed by atoms with E-state index >= 15 is 0 Å². The van der Waals surface area contributed by atoms with Crippen LogP contribution in [0.15, 0.2) is 55.0 Å². The SMILES string of the molecule is Cc1cnc(C(=O)NCC2(O)CCCC2)cc1Cc1ccc(-n2cccn2)cc1. The summed E-state index contributed by atoms with van der Waals surface area (Å²) in [5.41, 5.74) is 3.90. The first-order chi connectivity index (χ1) is 14.0. The van der Waals surface area contributed by atoms with Crippen LogP contribution in [0.5, 0.6) is 0 Å². The molecule has 0 saturated heterocycles. The summed E-state index contributed by atoms with van der Waals surface area (Å²) >= 11 is 0. The minimum absolute atomic E-state index is 0.236. The van der Waals surface area contributed by atoms with Gasteiger partial charge in [0, 0.05) is 25.1 Å². The third kappa shape index (κ3) is 4.54. The molecule has 1 aliphatic carbocycles. The van der Waals surface area contributed by atoms with Crippen LogP contribution in [-0.4, -0.2) is 37.9 Å². The molecular formula is C23H26N4O2. The molecule has 1 saturated carbocycles. The molecule has 3 aromatic rings. The van der Waals surface area contributed by atoms with Gasteiger partial charge in [-0.25, -0.2) is 4.68 Å². The van der Waals surface area contributed by atoms with E-state index in [1.807, 2.05) is 42.1 Å². The molecule has 1 fully saturated rings. The summed E-state index contributed by atoms with van der Waals surface area (Å²) in [6.07, 6.45) is 9.64. The molecule has 2 N–H and O–H groups in total. The number of aromatic nitrogens is 3. The number of aliphatic hydroxyl groups is 1. The lowest BCUT2D eigenvalue weighted by Crippen LogP contribution is -2.41. The van der Waals surface area contributed by atoms with Gasteiger partial charge in [-0.2, -0.15) is 5.10 Å². The van der Waals surface area contributed by atoms with Gasteiger partial charge in [-0.05, 0) is 67.1 Å². The molecule has 0 aliphatic heterocycles. The molecule has 0 radical (unpaired) electrons. The van der Waals surface area contributed by atoms with Crippen LogP contribution in [0.25, 0.3) is 5.69 Å². The van der Waals surface area contributed by atoms with E-state index in [-0.39, 0.29) is 12.5 Å². The fourth-order valence-electron chi connectivity index (χ4n) is 3.83. The maximum atomic E-state index is 12.5. The van der Waals surface area contributed by atoms with Crippen molar-refractivity contribution in [1.82, 2.24) is 20.1 Å². The molecule has 1 amide bonds. The molecule has 1 aliphatic rings. The van der Waals surface area contributed by atoms with Gasteiger partial charge in [0.2, 0.25) is 0 Å². The van der Waals surface area contributed by atoms with Crippen LogP contribution in [0, 0.1) is 6.92 Å². The van der Waals surface area contributed by atoms with Gasteiger partial charge in [0.25, 0.3) is 5.91 Å². The first kappa shape index (κ1) is 19.3. The third-order valence-corrected chi connectivity index (χ3v) is 5.66. The van der Waals surface area contributed by atoms with Crippen LogP contribution in [-0.2, 0) is 6.42 Å². The molecule has 0 unspecified atom stereocenters. The monoisotopic (exact) mass is 390 g/mol. The summed E-state index contributed by atoms with van der Waals surface area (Å²) in [6, 6.07) is 12.0. The Kier molecular flexibility index (Phi) is 5.45. The molecule has 4 rings (SSSR count). The normalized spacial score (nSPS) is 15.4. The Morgan fingerprint density at radius 3 is 2.69 bits per heavy atom. The fourth-order valence-corrected chi connectivity index (χ4v) is 3.83. The molecule has 1 aromatic carbocycles. The Labute approximate surface area is 170 Å². The summed E-state index contributed by atoms with van der Waals surface area (Å²) in [7, 11) is 0. The van der Waals surface area contributed by atoms with E-state index in [1.54, 1.807) is 12.4 Å². The number of benzene rings is 1. The first-order valence-corrected chi connectivity index (χ1v) is 10.1. The van der Waals surface area contributed by atoms with Gasteiger partial charge in [-0.1, -0.05) is 25.0 Å². The summed E-state index contributed by atoms with van der Waals surface area (Å²) < 4.78 is 1.82. The highest BCUT2D eigenvalue weighted by Gasteiger charge is 2.31. The Hall–Kier alpha value is -2.99. The average Bonchev–Trinajstić information content (AvgIpc) is 3.41. The van der Waals surface area contributed by atoms with E-state index in [2.05, 4.69) is 27.5 Å². The lowest BCUT2D eigenvalue weighted by atomic mass is 10.0. The Balaban J connectivity index is 1.44. The zero-order valence-electron chi connectivity index (χ0n) is 16.6. The highest BCUT2D eigenvalue weighted by Crippen LogP contribution is 2.28. The van der Waals surface area contributed by atoms with E-state index < -0.39 is 5.60 Å². The van der Waals surface area contributed by atoms with E-state index in [0.29, 0.717) is 5.69 Å². The fraction of sp³-hybridized carbons (Fsp3) is 0.348. The molecular weight excluding hydrogens is 364 g/mol. The van der Waals surface area contributed by atoms with Crippen molar-refractivity contribution in [3.05, 3.63) is 77.4 Å². The van der Waals surface area contributed by atoms with Crippen LogP contribution in [0.3, 0.4) is 0 Å². The van der Waals surface area contributed by atoms with Crippen molar-refractivity contribution in [2.24, 2.45) is 0 Å². The number of carbonyl (C=O) groups excluding carboxylic acids is 1. The van der Waals surface area contributed by atoms with Gasteiger partial charge in [0.15, 0.2) is 0 Å². The number of carbonyl (C=O) groups is 1. The van der Waals surface area contributed by atoms with Crippen LogP contribution >= 0.6 is 0 Å². The summed E-state index contributed by atoms with van der Waals surface area (Å²) in [5, 5.41) is 17.5. The van der Waals surface area contributed by atoms with Crippen LogP contribution < -0.4 is 5.32 Å². The number of aryl methyl sites for hydroxylation is 1. The second kappa shape index (κ2) is 8.17. The van der Waals surface area contributed by atoms with Gasteiger partial charge < -0.3 is 10.4 Å². The first-order valence-electron chi connectivity index (χ1n) is 10.1. The summed E-state index contributed by atoms with van der Waals surface area (Å²) in [6.45, 7) is 2.29. The van der Waals surface area contributed by atoms with Gasteiger partial charge in [0.05, 0.1) is 11.3 Å². The Morgan fingerprint density at radius 2 is 2.00 bits per heavy atom. The third-order valence-electron chi connectivity index (χ3n) is 5.66. The molecule has 0 bridgehead atoms. The predicted molar refractivity (Wildman–Crippen MR) is 111 cm³/mol. The molecule has 150 valence electrons. The summed E-state index contributed by atoms with van der Waals surface area (Å²) in [5.74, 6) is -0.236. The van der Waals surface area contributed by atoms with Gasteiger partial charge in [-0.3, -0.25) is 9.78 Å². The number of nitrogens with zero attached hydrogens (tertiary/aromatic N) is 3. The van der Waals surface area contributed by atoms with Crippen molar-refractivity contribution >= 4 is 5.91 Å². The Morgan fingerprint density at radius 1 is 1.24 bits per heavy atom. The molecule has 6 heteroatoms. The number of hydrogen-bond donors (Lipinski definition) is 2. The van der Waals surface area contributed by atoms with Crippen molar-refractivity contribution in [3.8, 4) is 5.69 Å². The number of rotatable bonds is 6. The maximum absolute atomic E-state index is 12.5.